The fourth-order valence-corrected chi connectivity index (χ4v) is 0.648. The summed E-state index contributed by atoms with van der Waals surface area (Å²) in [4.78, 5) is 21.3. The van der Waals surface area contributed by atoms with Crippen LogP contribution >= 0.6 is 0 Å². The summed E-state index contributed by atoms with van der Waals surface area (Å²) in [5, 5.41) is 0. The fraction of sp³-hybridized carbons (Fsp3) is 0.143. The van der Waals surface area contributed by atoms with Gasteiger partial charge in [0.1, 0.15) is 0 Å². The molecule has 0 amide bonds. The summed E-state index contributed by atoms with van der Waals surface area (Å²) in [6.45, 7) is 0. The van der Waals surface area contributed by atoms with E-state index in [1.807, 2.05) is 15.9 Å². The number of ether oxygens (including phenoxy) is 1. The summed E-state index contributed by atoms with van der Waals surface area (Å²) in [5.41, 5.74) is 0. The molecule has 0 aromatic heterocycles. The van der Waals surface area contributed by atoms with Crippen molar-refractivity contribution in [2.45, 2.75) is 0 Å². The molecular formula is C7H6FeO4. The van der Waals surface area contributed by atoms with Crippen LogP contribution in [-0.4, -0.2) is 18.7 Å². The quantitative estimate of drug-likeness (QED) is 0.455. The Hall–Kier alpha value is -1.06. The third kappa shape index (κ3) is 2.90. The molecule has 0 saturated heterocycles. The van der Waals surface area contributed by atoms with Crippen LogP contribution in [0.5, 0.6) is 0 Å². The van der Waals surface area contributed by atoms with Crippen molar-refractivity contribution in [3.8, 4) is 0 Å². The molecule has 0 atom stereocenters. The first kappa shape index (κ1) is 10.9. The van der Waals surface area contributed by atoms with E-state index in [0.717, 1.165) is 0 Å². The SMILES string of the molecule is COC1=CC(=O)C=CC1=O.[O]=[Fe]. The molecule has 1 rings (SSSR count). The van der Waals surface area contributed by atoms with E-state index in [9.17, 15) is 9.59 Å². The van der Waals surface area contributed by atoms with E-state index in [4.69, 9.17) is 3.83 Å². The van der Waals surface area contributed by atoms with E-state index in [-0.39, 0.29) is 17.3 Å². The molecule has 4 nitrogen and oxygen atoms in total. The molecule has 1 aliphatic carbocycles. The number of allylic oxidation sites excluding steroid dienone is 3. The van der Waals surface area contributed by atoms with Crippen LogP contribution in [0.1, 0.15) is 0 Å². The first-order valence-electron chi connectivity index (χ1n) is 2.90. The summed E-state index contributed by atoms with van der Waals surface area (Å²) in [7, 11) is 1.36. The van der Waals surface area contributed by atoms with Crippen molar-refractivity contribution in [2.24, 2.45) is 0 Å². The van der Waals surface area contributed by atoms with Gasteiger partial charge >= 0.3 is 19.8 Å². The van der Waals surface area contributed by atoms with Crippen LogP contribution in [-0.2, 0) is 34.1 Å². The predicted molar refractivity (Wildman–Crippen MR) is 34.9 cm³/mol. The average Bonchev–Trinajstić information content (AvgIpc) is 2.13. The minimum absolute atomic E-state index is 0.104. The predicted octanol–water partition coefficient (Wildman–Crippen LogP) is 0.103. The fourth-order valence-electron chi connectivity index (χ4n) is 0.648. The zero-order valence-electron chi connectivity index (χ0n) is 6.22. The Bertz CT molecular complexity index is 254. The van der Waals surface area contributed by atoms with Gasteiger partial charge in [0.25, 0.3) is 0 Å². The number of ketones is 2. The molecule has 0 bridgehead atoms. The van der Waals surface area contributed by atoms with Gasteiger partial charge in [-0.1, -0.05) is 0 Å². The van der Waals surface area contributed by atoms with Gasteiger partial charge in [-0.15, -0.1) is 0 Å². The van der Waals surface area contributed by atoms with Crippen LogP contribution in [0.15, 0.2) is 24.0 Å². The number of carbonyl (C=O) groups is 2. The van der Waals surface area contributed by atoms with Gasteiger partial charge in [0.05, 0.1) is 7.11 Å². The number of methoxy groups -OCH3 is 1. The van der Waals surface area contributed by atoms with E-state index in [1.54, 1.807) is 0 Å². The average molecular weight is 210 g/mol. The molecule has 66 valence electrons. The Morgan fingerprint density at radius 2 is 1.83 bits per heavy atom. The van der Waals surface area contributed by atoms with E-state index < -0.39 is 0 Å². The summed E-state index contributed by atoms with van der Waals surface area (Å²) < 4.78 is 12.6. The molecule has 0 aromatic rings. The third-order valence-electron chi connectivity index (χ3n) is 1.14. The van der Waals surface area contributed by atoms with E-state index in [2.05, 4.69) is 4.74 Å². The van der Waals surface area contributed by atoms with Gasteiger partial charge in [-0.3, -0.25) is 9.59 Å². The van der Waals surface area contributed by atoms with Crippen molar-refractivity contribution >= 4 is 11.6 Å². The second-order valence-electron chi connectivity index (χ2n) is 1.81. The Kier molecular flexibility index (Phi) is 5.08. The van der Waals surface area contributed by atoms with Crippen molar-refractivity contribution < 1.29 is 34.1 Å². The first-order chi connectivity index (χ1) is 5.74. The summed E-state index contributed by atoms with van der Waals surface area (Å²) in [6.07, 6.45) is 3.58. The van der Waals surface area contributed by atoms with Gasteiger partial charge in [-0.25, -0.2) is 0 Å². The summed E-state index contributed by atoms with van der Waals surface area (Å²) >= 11 is 2.00. The molecule has 0 radical (unpaired) electrons. The topological polar surface area (TPSA) is 60.4 Å². The van der Waals surface area contributed by atoms with Crippen molar-refractivity contribution in [1.82, 2.24) is 0 Å². The van der Waals surface area contributed by atoms with Crippen LogP contribution in [0, 0.1) is 0 Å². The second-order valence-corrected chi connectivity index (χ2v) is 1.81. The number of rotatable bonds is 1. The molecule has 0 spiro atoms. The number of carbonyl (C=O) groups excluding carboxylic acids is 2. The molecule has 0 heterocycles. The summed E-state index contributed by atoms with van der Waals surface area (Å²) in [5.74, 6) is -0.369. The van der Waals surface area contributed by atoms with E-state index in [0.29, 0.717) is 0 Å². The van der Waals surface area contributed by atoms with Gasteiger partial charge in [-0.2, -0.15) is 0 Å². The third-order valence-corrected chi connectivity index (χ3v) is 1.14. The van der Waals surface area contributed by atoms with Gasteiger partial charge in [0.15, 0.2) is 11.5 Å². The zero-order chi connectivity index (χ0) is 9.56. The monoisotopic (exact) mass is 210 g/mol. The van der Waals surface area contributed by atoms with Crippen molar-refractivity contribution in [1.29, 1.82) is 0 Å². The van der Waals surface area contributed by atoms with Crippen LogP contribution in [0.4, 0.5) is 0 Å². The standard InChI is InChI=1S/C7H6O3.Fe.O/c1-10-7-4-5(8)2-3-6(7)9;;/h2-4H,1H3;;. The maximum absolute atomic E-state index is 10.7. The van der Waals surface area contributed by atoms with E-state index >= 15 is 0 Å². The Morgan fingerprint density at radius 1 is 1.25 bits per heavy atom. The minimum atomic E-state index is -0.262. The number of hydrogen-bond donors (Lipinski definition) is 0. The van der Waals surface area contributed by atoms with Crippen LogP contribution in [0.2, 0.25) is 0 Å². The molecule has 0 fully saturated rings. The van der Waals surface area contributed by atoms with Crippen molar-refractivity contribution in [3.05, 3.63) is 24.0 Å². The summed E-state index contributed by atoms with van der Waals surface area (Å²) in [6, 6.07) is 0. The van der Waals surface area contributed by atoms with Gasteiger partial charge in [0, 0.05) is 6.08 Å². The Labute approximate surface area is 77.3 Å². The molecule has 12 heavy (non-hydrogen) atoms. The second kappa shape index (κ2) is 5.57. The van der Waals surface area contributed by atoms with Gasteiger partial charge < -0.3 is 4.74 Å². The van der Waals surface area contributed by atoms with Gasteiger partial charge in [0.2, 0.25) is 5.78 Å². The number of hydrogen-bond acceptors (Lipinski definition) is 4. The molecule has 0 N–H and O–H groups in total. The van der Waals surface area contributed by atoms with E-state index in [1.165, 1.54) is 25.3 Å². The maximum atomic E-state index is 10.7. The van der Waals surface area contributed by atoms with Crippen LogP contribution < -0.4 is 0 Å². The Morgan fingerprint density at radius 3 is 2.25 bits per heavy atom. The molecule has 0 saturated carbocycles. The Balaban J connectivity index is 0.000000561. The van der Waals surface area contributed by atoms with Gasteiger partial charge in [-0.05, 0) is 12.2 Å². The van der Waals surface area contributed by atoms with Crippen LogP contribution in [0.3, 0.4) is 0 Å². The molecule has 0 aromatic carbocycles. The molecule has 5 heteroatoms. The molecule has 0 unspecified atom stereocenters. The molecular weight excluding hydrogens is 204 g/mol. The van der Waals surface area contributed by atoms with Crippen molar-refractivity contribution in [2.75, 3.05) is 7.11 Å². The normalized spacial score (nSPS) is 14.7. The molecule has 0 aliphatic heterocycles. The molecule has 1 aliphatic rings. The van der Waals surface area contributed by atoms with Crippen molar-refractivity contribution in [3.63, 3.8) is 0 Å². The zero-order valence-corrected chi connectivity index (χ0v) is 7.32. The van der Waals surface area contributed by atoms with Crippen LogP contribution in [0.25, 0.3) is 0 Å². The first-order valence-corrected chi connectivity index (χ1v) is 3.35.